The summed E-state index contributed by atoms with van der Waals surface area (Å²) in [6.45, 7) is 3.57. The fraction of sp³-hybridized carbons (Fsp3) is 0.400. The van der Waals surface area contributed by atoms with Crippen LogP contribution in [-0.2, 0) is 0 Å². The van der Waals surface area contributed by atoms with Gasteiger partial charge in [0.05, 0.1) is 18.9 Å². The highest BCUT2D eigenvalue weighted by atomic mass is 16.3. The molecule has 3 aromatic rings. The Morgan fingerprint density at radius 3 is 2.43 bits per heavy atom. The topological polar surface area (TPSA) is 127 Å². The molecule has 148 valence electrons. The van der Waals surface area contributed by atoms with Crippen molar-refractivity contribution in [2.75, 3.05) is 18.9 Å². The molecule has 0 aromatic carbocycles. The van der Waals surface area contributed by atoms with Crippen molar-refractivity contribution in [3.8, 4) is 11.1 Å². The van der Waals surface area contributed by atoms with E-state index in [4.69, 9.17) is 15.9 Å². The molecule has 0 spiro atoms. The third-order valence-corrected chi connectivity index (χ3v) is 4.86. The summed E-state index contributed by atoms with van der Waals surface area (Å²) in [5.41, 5.74) is 9.59. The zero-order valence-electron chi connectivity index (χ0n) is 16.1. The van der Waals surface area contributed by atoms with E-state index >= 15 is 0 Å². The molecule has 4 N–H and O–H groups in total. The quantitative estimate of drug-likeness (QED) is 0.629. The van der Waals surface area contributed by atoms with Crippen LogP contribution in [0.3, 0.4) is 0 Å². The van der Waals surface area contributed by atoms with Crippen LogP contribution in [0.25, 0.3) is 22.2 Å². The zero-order chi connectivity index (χ0) is 20.3. The van der Waals surface area contributed by atoms with Crippen molar-refractivity contribution in [1.29, 1.82) is 0 Å². The first-order chi connectivity index (χ1) is 13.5. The molecule has 1 aliphatic carbocycles. The van der Waals surface area contributed by atoms with Crippen LogP contribution in [0.15, 0.2) is 29.2 Å². The number of aryl methyl sites for hydroxylation is 2. The number of aromatic nitrogens is 4. The Morgan fingerprint density at radius 1 is 1.18 bits per heavy atom. The zero-order valence-corrected chi connectivity index (χ0v) is 16.1. The number of fused-ring (bicyclic) bond motifs is 1. The molecule has 28 heavy (non-hydrogen) atoms. The van der Waals surface area contributed by atoms with E-state index in [1.54, 1.807) is 10.8 Å². The molecule has 0 atom stereocenters. The summed E-state index contributed by atoms with van der Waals surface area (Å²) < 4.78 is 1.80. The Kier molecular flexibility index (Phi) is 6.01. The van der Waals surface area contributed by atoms with Crippen LogP contribution in [-0.4, -0.2) is 42.9 Å². The first-order valence-electron chi connectivity index (χ1n) is 9.30. The van der Waals surface area contributed by atoms with Gasteiger partial charge in [0.15, 0.2) is 0 Å². The second-order valence-corrected chi connectivity index (χ2v) is 6.86. The second kappa shape index (κ2) is 8.45. The van der Waals surface area contributed by atoms with Crippen molar-refractivity contribution in [2.45, 2.75) is 39.2 Å². The van der Waals surface area contributed by atoms with Crippen LogP contribution in [0, 0.1) is 13.8 Å². The van der Waals surface area contributed by atoms with E-state index in [0.717, 1.165) is 41.6 Å². The van der Waals surface area contributed by atoms with Crippen LogP contribution in [0.5, 0.6) is 0 Å². The van der Waals surface area contributed by atoms with Gasteiger partial charge >= 0.3 is 0 Å². The third kappa shape index (κ3) is 3.88. The molecule has 8 heteroatoms. The molecule has 3 heterocycles. The minimum Gasteiger partial charge on any atom is -0.394 e. The number of nitrogens with two attached hydrogens (primary N) is 1. The first kappa shape index (κ1) is 19.9. The molecule has 1 aliphatic rings. The number of hydrogen-bond acceptors (Lipinski definition) is 7. The summed E-state index contributed by atoms with van der Waals surface area (Å²) in [4.78, 5) is 26.1. The molecule has 0 saturated heterocycles. The molecular weight excluding hydrogens is 358 g/mol. The highest BCUT2D eigenvalue weighted by molar-refractivity contribution is 5.84. The van der Waals surface area contributed by atoms with E-state index < -0.39 is 0 Å². The van der Waals surface area contributed by atoms with Gasteiger partial charge in [-0.1, -0.05) is 6.07 Å². The summed E-state index contributed by atoms with van der Waals surface area (Å²) in [6, 6.07) is 5.91. The summed E-state index contributed by atoms with van der Waals surface area (Å²) in [5.74, 6) is 0.206. The molecule has 8 nitrogen and oxygen atoms in total. The third-order valence-electron chi connectivity index (χ3n) is 4.86. The predicted octanol–water partition coefficient (Wildman–Crippen LogP) is 1.75. The van der Waals surface area contributed by atoms with Crippen molar-refractivity contribution in [1.82, 2.24) is 19.5 Å². The van der Waals surface area contributed by atoms with E-state index in [-0.39, 0.29) is 30.8 Å². The molecule has 4 rings (SSSR count). The average molecular weight is 383 g/mol. The molecule has 1 fully saturated rings. The van der Waals surface area contributed by atoms with Gasteiger partial charge in [-0.2, -0.15) is 4.98 Å². The van der Waals surface area contributed by atoms with Crippen molar-refractivity contribution < 1.29 is 10.2 Å². The molecule has 0 unspecified atom stereocenters. The van der Waals surface area contributed by atoms with E-state index in [1.807, 2.05) is 32.0 Å². The fourth-order valence-corrected chi connectivity index (χ4v) is 3.19. The van der Waals surface area contributed by atoms with Crippen molar-refractivity contribution >= 4 is 17.0 Å². The summed E-state index contributed by atoms with van der Waals surface area (Å²) >= 11 is 0. The lowest BCUT2D eigenvalue weighted by atomic mass is 9.92. The second-order valence-electron chi connectivity index (χ2n) is 6.86. The predicted molar refractivity (Wildman–Crippen MR) is 108 cm³/mol. The lowest BCUT2D eigenvalue weighted by molar-refractivity contribution is 0.186. The summed E-state index contributed by atoms with van der Waals surface area (Å²) in [6.07, 6.45) is 4.87. The molecule has 3 aromatic heterocycles. The van der Waals surface area contributed by atoms with Gasteiger partial charge in [-0.05, 0) is 45.2 Å². The number of hydrogen-bond donors (Lipinski definition) is 3. The minimum absolute atomic E-state index is 0.0321. The number of rotatable bonds is 3. The Labute approximate surface area is 162 Å². The first-order valence-corrected chi connectivity index (χ1v) is 9.30. The van der Waals surface area contributed by atoms with Gasteiger partial charge in [0.1, 0.15) is 5.65 Å². The number of aliphatic hydroxyl groups excluding tert-OH is 2. The van der Waals surface area contributed by atoms with Crippen molar-refractivity contribution in [2.24, 2.45) is 0 Å². The minimum atomic E-state index is -0.125. The van der Waals surface area contributed by atoms with E-state index in [9.17, 15) is 4.79 Å². The van der Waals surface area contributed by atoms with Gasteiger partial charge in [-0.15, -0.1) is 0 Å². The normalized spacial score (nSPS) is 13.7. The monoisotopic (exact) mass is 383 g/mol. The Hall–Kier alpha value is -2.84. The van der Waals surface area contributed by atoms with Gasteiger partial charge in [0, 0.05) is 34.4 Å². The lowest BCUT2D eigenvalue weighted by Crippen LogP contribution is -2.31. The van der Waals surface area contributed by atoms with Crippen LogP contribution < -0.4 is 11.3 Å². The Balaban J connectivity index is 0.000000516. The maximum absolute atomic E-state index is 13.2. The van der Waals surface area contributed by atoms with E-state index in [2.05, 4.69) is 15.0 Å². The number of nitrogen functional groups attached to an aromatic ring is 1. The summed E-state index contributed by atoms with van der Waals surface area (Å²) in [7, 11) is 0. The van der Waals surface area contributed by atoms with Crippen LogP contribution in [0.4, 0.5) is 5.95 Å². The SMILES string of the molecule is Cc1ccc(-c2cc3c(C)nc(N)nc3n(C3CCC3)c2=O)cn1.OCCO. The standard InChI is InChI=1S/C18H19N5O.C2H6O2/c1-10-6-7-12(9-20-10)15-8-14-11(2)21-18(19)22-16(14)23(17(15)24)13-4-3-5-13;3-1-2-4/h6-9,13H,3-5H2,1-2H3,(H2,19,21,22);3-4H,1-2H2. The molecule has 0 amide bonds. The van der Waals surface area contributed by atoms with Crippen LogP contribution in [0.2, 0.25) is 0 Å². The number of aliphatic hydroxyl groups is 2. The van der Waals surface area contributed by atoms with Crippen molar-refractivity contribution in [3.05, 3.63) is 46.1 Å². The maximum atomic E-state index is 13.2. The van der Waals surface area contributed by atoms with Gasteiger partial charge in [-0.25, -0.2) is 4.98 Å². The van der Waals surface area contributed by atoms with Gasteiger partial charge in [0.25, 0.3) is 5.56 Å². The van der Waals surface area contributed by atoms with E-state index in [0.29, 0.717) is 11.2 Å². The van der Waals surface area contributed by atoms with Crippen molar-refractivity contribution in [3.63, 3.8) is 0 Å². The van der Waals surface area contributed by atoms with Gasteiger partial charge in [-0.3, -0.25) is 14.3 Å². The highest BCUT2D eigenvalue weighted by Crippen LogP contribution is 2.34. The number of pyridine rings is 2. The smallest absolute Gasteiger partial charge is 0.260 e. The Morgan fingerprint density at radius 2 is 1.89 bits per heavy atom. The number of anilines is 1. The molecule has 0 bridgehead atoms. The Bertz CT molecular complexity index is 1020. The van der Waals surface area contributed by atoms with Gasteiger partial charge < -0.3 is 15.9 Å². The van der Waals surface area contributed by atoms with Gasteiger partial charge in [0.2, 0.25) is 5.95 Å². The van der Waals surface area contributed by atoms with Crippen LogP contribution in [0.1, 0.15) is 36.7 Å². The average Bonchev–Trinajstić information content (AvgIpc) is 2.63. The molecule has 0 radical (unpaired) electrons. The molecular formula is C20H25N5O3. The maximum Gasteiger partial charge on any atom is 0.260 e. The largest absolute Gasteiger partial charge is 0.394 e. The molecule has 1 saturated carbocycles. The number of nitrogens with zero attached hydrogens (tertiary/aromatic N) is 4. The van der Waals surface area contributed by atoms with E-state index in [1.165, 1.54) is 0 Å². The highest BCUT2D eigenvalue weighted by Gasteiger charge is 2.25. The summed E-state index contributed by atoms with van der Waals surface area (Å²) in [5, 5.41) is 16.1. The molecule has 0 aliphatic heterocycles. The fourth-order valence-electron chi connectivity index (χ4n) is 3.19. The van der Waals surface area contributed by atoms with Crippen LogP contribution >= 0.6 is 0 Å². The lowest BCUT2D eigenvalue weighted by Gasteiger charge is -2.29.